The second-order valence-corrected chi connectivity index (χ2v) is 9.17. The van der Waals surface area contributed by atoms with Crippen molar-refractivity contribution in [2.24, 2.45) is 0 Å². The Hall–Kier alpha value is -3.19. The average molecular weight is 498 g/mol. The van der Waals surface area contributed by atoms with Crippen molar-refractivity contribution < 1.29 is 19.2 Å². The van der Waals surface area contributed by atoms with Crippen LogP contribution in [0, 0.1) is 0 Å². The van der Waals surface area contributed by atoms with Gasteiger partial charge in [0.15, 0.2) is 0 Å². The van der Waals surface area contributed by atoms with Crippen molar-refractivity contribution in [3.05, 3.63) is 70.2 Å². The Morgan fingerprint density at radius 3 is 2.14 bits per heavy atom. The first-order valence-electron chi connectivity index (χ1n) is 12.1. The van der Waals surface area contributed by atoms with Gasteiger partial charge in [-0.05, 0) is 49.9 Å². The van der Waals surface area contributed by atoms with Gasteiger partial charge in [-0.25, -0.2) is 0 Å². The highest BCUT2D eigenvalue weighted by Gasteiger charge is 2.35. The zero-order chi connectivity index (χ0) is 25.5. The molecule has 3 rings (SSSR count). The number of halogens is 1. The molecule has 0 aromatic heterocycles. The van der Waals surface area contributed by atoms with Crippen LogP contribution in [-0.4, -0.2) is 52.1 Å². The third-order valence-corrected chi connectivity index (χ3v) is 6.70. The lowest BCUT2D eigenvalue weighted by Crippen LogP contribution is -2.50. The zero-order valence-electron chi connectivity index (χ0n) is 20.4. The summed E-state index contributed by atoms with van der Waals surface area (Å²) in [6.07, 6.45) is 1.61. The molecule has 0 saturated heterocycles. The molecule has 2 aromatic rings. The van der Waals surface area contributed by atoms with E-state index in [9.17, 15) is 19.2 Å². The van der Waals surface area contributed by atoms with Gasteiger partial charge >= 0.3 is 0 Å². The summed E-state index contributed by atoms with van der Waals surface area (Å²) in [6.45, 7) is 6.10. The van der Waals surface area contributed by atoms with E-state index in [1.165, 1.54) is 4.90 Å². The standard InChI is InChI=1S/C27H32ClN3O4/c1-4-18(3)29-25(33)23(5-2)31(17-19-11-6-9-14-22(19)28)24(32)15-10-16-30-26(34)20-12-7-8-13-21(20)27(30)35/h6-9,11-14,18,23H,4-5,10,15-17H2,1-3H3,(H,29,33)/t18-,23-/m0/s1. The van der Waals surface area contributed by atoms with Crippen molar-refractivity contribution in [2.45, 2.75) is 65.1 Å². The number of nitrogens with one attached hydrogen (secondary N) is 1. The van der Waals surface area contributed by atoms with Gasteiger partial charge in [0.05, 0.1) is 11.1 Å². The third kappa shape index (κ3) is 6.09. The minimum Gasteiger partial charge on any atom is -0.352 e. The largest absolute Gasteiger partial charge is 0.352 e. The predicted octanol–water partition coefficient (Wildman–Crippen LogP) is 4.44. The van der Waals surface area contributed by atoms with Crippen molar-refractivity contribution in [1.29, 1.82) is 0 Å². The number of imide groups is 1. The smallest absolute Gasteiger partial charge is 0.261 e. The van der Waals surface area contributed by atoms with Crippen LogP contribution in [0.15, 0.2) is 48.5 Å². The molecule has 1 aliphatic heterocycles. The van der Waals surface area contributed by atoms with Gasteiger partial charge in [0.1, 0.15) is 6.04 Å². The molecule has 1 N–H and O–H groups in total. The van der Waals surface area contributed by atoms with Crippen LogP contribution >= 0.6 is 11.6 Å². The lowest BCUT2D eigenvalue weighted by atomic mass is 10.1. The number of nitrogens with zero attached hydrogens (tertiary/aromatic N) is 2. The predicted molar refractivity (Wildman–Crippen MR) is 135 cm³/mol. The molecule has 1 aliphatic rings. The molecule has 7 nitrogen and oxygen atoms in total. The molecule has 2 aromatic carbocycles. The minimum absolute atomic E-state index is 0.0114. The van der Waals surface area contributed by atoms with Crippen LogP contribution in [0.1, 0.15) is 72.7 Å². The molecule has 0 fully saturated rings. The van der Waals surface area contributed by atoms with E-state index in [1.807, 2.05) is 39.0 Å². The Kier molecular flexibility index (Phi) is 9.04. The van der Waals surface area contributed by atoms with Crippen LogP contribution in [0.4, 0.5) is 0 Å². The van der Waals surface area contributed by atoms with Gasteiger partial charge in [0, 0.05) is 30.6 Å². The number of fused-ring (bicyclic) bond motifs is 1. The molecule has 0 radical (unpaired) electrons. The van der Waals surface area contributed by atoms with Crippen molar-refractivity contribution >= 4 is 35.2 Å². The first-order chi connectivity index (χ1) is 16.8. The summed E-state index contributed by atoms with van der Waals surface area (Å²) in [5, 5.41) is 3.50. The monoisotopic (exact) mass is 497 g/mol. The van der Waals surface area contributed by atoms with Crippen molar-refractivity contribution in [3.8, 4) is 0 Å². The van der Waals surface area contributed by atoms with Crippen molar-refractivity contribution in [2.75, 3.05) is 6.54 Å². The molecule has 0 saturated carbocycles. The van der Waals surface area contributed by atoms with Gasteiger partial charge in [-0.2, -0.15) is 0 Å². The molecule has 35 heavy (non-hydrogen) atoms. The van der Waals surface area contributed by atoms with Gasteiger partial charge in [-0.3, -0.25) is 24.1 Å². The second kappa shape index (κ2) is 12.0. The van der Waals surface area contributed by atoms with Gasteiger partial charge < -0.3 is 10.2 Å². The van der Waals surface area contributed by atoms with E-state index in [0.717, 1.165) is 12.0 Å². The molecule has 0 bridgehead atoms. The number of carbonyl (C=O) groups is 4. The molecule has 0 aliphatic carbocycles. The molecule has 2 atom stereocenters. The molecule has 1 heterocycles. The van der Waals surface area contributed by atoms with Crippen molar-refractivity contribution in [3.63, 3.8) is 0 Å². The molecule has 4 amide bonds. The summed E-state index contributed by atoms with van der Waals surface area (Å²) in [5.74, 6) is -1.12. The highest BCUT2D eigenvalue weighted by molar-refractivity contribution is 6.31. The maximum absolute atomic E-state index is 13.4. The number of hydrogen-bond acceptors (Lipinski definition) is 4. The lowest BCUT2D eigenvalue weighted by molar-refractivity contribution is -0.141. The maximum atomic E-state index is 13.4. The number of benzene rings is 2. The van der Waals surface area contributed by atoms with Crippen LogP contribution in [0.3, 0.4) is 0 Å². The molecule has 8 heteroatoms. The molecular formula is C27H32ClN3O4. The van der Waals surface area contributed by atoms with E-state index >= 15 is 0 Å². The van der Waals surface area contributed by atoms with E-state index in [2.05, 4.69) is 5.32 Å². The second-order valence-electron chi connectivity index (χ2n) is 8.77. The average Bonchev–Trinajstić information content (AvgIpc) is 3.09. The van der Waals surface area contributed by atoms with E-state index in [4.69, 9.17) is 11.6 Å². The quantitative estimate of drug-likeness (QED) is 0.465. The summed E-state index contributed by atoms with van der Waals surface area (Å²) in [6, 6.07) is 13.3. The van der Waals surface area contributed by atoms with E-state index in [0.29, 0.717) is 29.0 Å². The number of rotatable bonds is 11. The molecule has 0 spiro atoms. The number of carbonyl (C=O) groups excluding carboxylic acids is 4. The normalized spacial score (nSPS) is 14.5. The summed E-state index contributed by atoms with van der Waals surface area (Å²) in [5.41, 5.74) is 1.52. The van der Waals surface area contributed by atoms with Gasteiger partial charge in [0.2, 0.25) is 11.8 Å². The lowest BCUT2D eigenvalue weighted by Gasteiger charge is -2.32. The molecule has 186 valence electrons. The van der Waals surface area contributed by atoms with Crippen molar-refractivity contribution in [1.82, 2.24) is 15.1 Å². The van der Waals surface area contributed by atoms with Gasteiger partial charge in [-0.15, -0.1) is 0 Å². The van der Waals surface area contributed by atoms with Gasteiger partial charge in [0.25, 0.3) is 11.8 Å². The highest BCUT2D eigenvalue weighted by atomic mass is 35.5. The first-order valence-corrected chi connectivity index (χ1v) is 12.4. The van der Waals surface area contributed by atoms with E-state index in [-0.39, 0.29) is 49.2 Å². The Morgan fingerprint density at radius 2 is 1.57 bits per heavy atom. The number of hydrogen-bond donors (Lipinski definition) is 1. The molecule has 0 unspecified atom stereocenters. The Morgan fingerprint density at radius 1 is 0.971 bits per heavy atom. The van der Waals surface area contributed by atoms with Crippen LogP contribution in [0.2, 0.25) is 5.02 Å². The van der Waals surface area contributed by atoms with E-state index < -0.39 is 6.04 Å². The summed E-state index contributed by atoms with van der Waals surface area (Å²) in [4.78, 5) is 54.4. The summed E-state index contributed by atoms with van der Waals surface area (Å²) in [7, 11) is 0. The Bertz CT molecular complexity index is 1070. The fourth-order valence-corrected chi connectivity index (χ4v) is 4.34. The summed E-state index contributed by atoms with van der Waals surface area (Å²) >= 11 is 6.35. The zero-order valence-corrected chi connectivity index (χ0v) is 21.2. The fraction of sp³-hybridized carbons (Fsp3) is 0.407. The maximum Gasteiger partial charge on any atom is 0.261 e. The van der Waals surface area contributed by atoms with Crippen LogP contribution < -0.4 is 5.32 Å². The minimum atomic E-state index is -0.660. The van der Waals surface area contributed by atoms with Crippen LogP contribution in [0.25, 0.3) is 0 Å². The Balaban J connectivity index is 1.72. The Labute approximate surface area is 211 Å². The van der Waals surface area contributed by atoms with Crippen LogP contribution in [-0.2, 0) is 16.1 Å². The highest BCUT2D eigenvalue weighted by Crippen LogP contribution is 2.24. The van der Waals surface area contributed by atoms with Crippen LogP contribution in [0.5, 0.6) is 0 Å². The van der Waals surface area contributed by atoms with Gasteiger partial charge in [-0.1, -0.05) is 55.8 Å². The fourth-order valence-electron chi connectivity index (χ4n) is 4.14. The molecular weight excluding hydrogens is 466 g/mol. The topological polar surface area (TPSA) is 86.8 Å². The third-order valence-electron chi connectivity index (χ3n) is 6.34. The first kappa shape index (κ1) is 26.4. The SMILES string of the molecule is CC[C@H](C)NC(=O)[C@H](CC)N(Cc1ccccc1Cl)C(=O)CCCN1C(=O)c2ccccc2C1=O. The van der Waals surface area contributed by atoms with E-state index in [1.54, 1.807) is 35.2 Å². The summed E-state index contributed by atoms with van der Waals surface area (Å²) < 4.78 is 0. The number of amides is 4.